The van der Waals surface area contributed by atoms with E-state index in [9.17, 15) is 13.2 Å². The highest BCUT2D eigenvalue weighted by Gasteiger charge is 2.44. The molecular formula is C20H25F3N8. The number of hydrogen-bond donors (Lipinski definition) is 1. The molecule has 1 unspecified atom stereocenters. The van der Waals surface area contributed by atoms with Gasteiger partial charge in [0.15, 0.2) is 0 Å². The minimum absolute atomic E-state index is 0.110. The van der Waals surface area contributed by atoms with Crippen molar-refractivity contribution >= 4 is 17.7 Å². The Hall–Kier alpha value is -2.69. The SMILES string of the molecule is CC1CN(CC(F)(F)F)CCN1c1cc(-c2cnc(N)nc2)nc(N2CC3CC2C3)n1. The zero-order valence-corrected chi connectivity index (χ0v) is 17.3. The third kappa shape index (κ3) is 4.10. The summed E-state index contributed by atoms with van der Waals surface area (Å²) in [4.78, 5) is 23.5. The number of nitrogen functional groups attached to an aromatic ring is 1. The van der Waals surface area contributed by atoms with Crippen LogP contribution in [0.15, 0.2) is 18.5 Å². The van der Waals surface area contributed by atoms with Gasteiger partial charge < -0.3 is 15.5 Å². The van der Waals surface area contributed by atoms with Crippen LogP contribution in [0, 0.1) is 5.92 Å². The summed E-state index contributed by atoms with van der Waals surface area (Å²) in [7, 11) is 0. The molecule has 2 aromatic rings. The molecule has 1 atom stereocenters. The Kier molecular flexibility index (Phi) is 4.87. The first-order chi connectivity index (χ1) is 14.7. The van der Waals surface area contributed by atoms with Crippen molar-refractivity contribution in [2.45, 2.75) is 38.0 Å². The lowest BCUT2D eigenvalue weighted by atomic mass is 9.86. The van der Waals surface area contributed by atoms with Crippen LogP contribution in [0.25, 0.3) is 11.3 Å². The van der Waals surface area contributed by atoms with Gasteiger partial charge in [0, 0.05) is 62.3 Å². The Morgan fingerprint density at radius 3 is 2.42 bits per heavy atom. The van der Waals surface area contributed by atoms with Crippen molar-refractivity contribution in [1.82, 2.24) is 24.8 Å². The smallest absolute Gasteiger partial charge is 0.368 e. The van der Waals surface area contributed by atoms with Crippen LogP contribution in [0.2, 0.25) is 0 Å². The molecular weight excluding hydrogens is 409 g/mol. The first-order valence-electron chi connectivity index (χ1n) is 10.5. The van der Waals surface area contributed by atoms with Crippen LogP contribution in [-0.4, -0.2) is 75.8 Å². The molecule has 166 valence electrons. The Morgan fingerprint density at radius 1 is 1.06 bits per heavy atom. The second-order valence-corrected chi connectivity index (χ2v) is 8.78. The van der Waals surface area contributed by atoms with Gasteiger partial charge in [-0.05, 0) is 25.7 Å². The summed E-state index contributed by atoms with van der Waals surface area (Å²) in [6.07, 6.45) is 1.41. The van der Waals surface area contributed by atoms with Crippen molar-refractivity contribution < 1.29 is 13.2 Å². The van der Waals surface area contributed by atoms with Crippen LogP contribution in [0.4, 0.5) is 30.9 Å². The quantitative estimate of drug-likeness (QED) is 0.784. The number of halogens is 3. The van der Waals surface area contributed by atoms with Crippen molar-refractivity contribution in [1.29, 1.82) is 0 Å². The lowest BCUT2D eigenvalue weighted by molar-refractivity contribution is -0.147. The fraction of sp³-hybridized carbons (Fsp3) is 0.600. The number of alkyl halides is 3. The summed E-state index contributed by atoms with van der Waals surface area (Å²) < 4.78 is 38.5. The molecule has 5 heterocycles. The van der Waals surface area contributed by atoms with Gasteiger partial charge in [-0.3, -0.25) is 4.90 Å². The number of hydrogen-bond acceptors (Lipinski definition) is 8. The molecule has 1 aliphatic carbocycles. The zero-order valence-electron chi connectivity index (χ0n) is 17.3. The summed E-state index contributed by atoms with van der Waals surface area (Å²) in [6, 6.07) is 2.23. The van der Waals surface area contributed by atoms with Gasteiger partial charge in [-0.2, -0.15) is 18.2 Å². The van der Waals surface area contributed by atoms with Crippen LogP contribution in [-0.2, 0) is 0 Å². The number of rotatable bonds is 4. The highest BCUT2D eigenvalue weighted by atomic mass is 19.4. The first-order valence-corrected chi connectivity index (χ1v) is 10.5. The topological polar surface area (TPSA) is 87.3 Å². The molecule has 2 bridgehead atoms. The van der Waals surface area contributed by atoms with Crippen molar-refractivity contribution in [3.05, 3.63) is 18.5 Å². The third-order valence-electron chi connectivity index (χ3n) is 6.44. The van der Waals surface area contributed by atoms with E-state index >= 15 is 0 Å². The van der Waals surface area contributed by atoms with Crippen molar-refractivity contribution in [2.24, 2.45) is 5.92 Å². The number of anilines is 3. The highest BCUT2D eigenvalue weighted by Crippen LogP contribution is 2.43. The van der Waals surface area contributed by atoms with Crippen molar-refractivity contribution in [3.63, 3.8) is 0 Å². The molecule has 2 N–H and O–H groups in total. The van der Waals surface area contributed by atoms with Crippen molar-refractivity contribution in [2.75, 3.05) is 48.3 Å². The molecule has 1 saturated carbocycles. The number of aromatic nitrogens is 4. The summed E-state index contributed by atoms with van der Waals surface area (Å²) in [6.45, 7) is 3.12. The van der Waals surface area contributed by atoms with Gasteiger partial charge in [-0.15, -0.1) is 0 Å². The van der Waals surface area contributed by atoms with Crippen molar-refractivity contribution in [3.8, 4) is 11.3 Å². The van der Waals surface area contributed by atoms with E-state index in [-0.39, 0.29) is 12.0 Å². The van der Waals surface area contributed by atoms with E-state index < -0.39 is 12.7 Å². The molecule has 3 saturated heterocycles. The minimum atomic E-state index is -4.19. The van der Waals surface area contributed by atoms with E-state index in [2.05, 4.69) is 19.8 Å². The summed E-state index contributed by atoms with van der Waals surface area (Å²) >= 11 is 0. The molecule has 0 aromatic carbocycles. The fourth-order valence-corrected chi connectivity index (χ4v) is 4.86. The Balaban J connectivity index is 1.45. The molecule has 0 spiro atoms. The van der Waals surface area contributed by atoms with E-state index in [4.69, 9.17) is 15.7 Å². The molecule has 4 fully saturated rings. The maximum atomic E-state index is 12.8. The maximum Gasteiger partial charge on any atom is 0.401 e. The second-order valence-electron chi connectivity index (χ2n) is 8.78. The molecule has 2 aromatic heterocycles. The van der Waals surface area contributed by atoms with E-state index in [0.29, 0.717) is 43.2 Å². The fourth-order valence-electron chi connectivity index (χ4n) is 4.86. The van der Waals surface area contributed by atoms with E-state index in [1.54, 1.807) is 12.4 Å². The number of piperazine rings is 1. The van der Waals surface area contributed by atoms with Gasteiger partial charge in [-0.1, -0.05) is 0 Å². The Morgan fingerprint density at radius 2 is 1.81 bits per heavy atom. The average Bonchev–Trinajstić information content (AvgIpc) is 3.28. The summed E-state index contributed by atoms with van der Waals surface area (Å²) in [5.74, 6) is 2.28. The number of nitrogens with two attached hydrogens (primary N) is 1. The molecule has 0 amide bonds. The van der Waals surface area contributed by atoms with Crippen LogP contribution >= 0.6 is 0 Å². The van der Waals surface area contributed by atoms with E-state index in [0.717, 1.165) is 17.9 Å². The van der Waals surface area contributed by atoms with Gasteiger partial charge in [-0.25, -0.2) is 15.0 Å². The van der Waals surface area contributed by atoms with E-state index in [1.807, 2.05) is 13.0 Å². The zero-order chi connectivity index (χ0) is 21.8. The predicted octanol–water partition coefficient (Wildman–Crippen LogP) is 2.19. The van der Waals surface area contributed by atoms with Crippen LogP contribution in [0.5, 0.6) is 0 Å². The molecule has 3 aliphatic heterocycles. The molecule has 6 rings (SSSR count). The highest BCUT2D eigenvalue weighted by molar-refractivity contribution is 5.65. The lowest BCUT2D eigenvalue weighted by Crippen LogP contribution is -2.54. The standard InChI is InChI=1S/C20H25F3N8/c1-12-9-29(11-20(21,22)23)2-3-30(12)17-6-16(14-7-25-18(24)26-8-14)27-19(28-17)31-10-13-4-15(31)5-13/h6-8,12-13,15H,2-5,9-11H2,1H3,(H2,24,25,26). The van der Waals surface area contributed by atoms with Gasteiger partial charge in [0.05, 0.1) is 12.2 Å². The van der Waals surface area contributed by atoms with Gasteiger partial charge in [0.1, 0.15) is 5.82 Å². The second kappa shape index (κ2) is 7.47. The lowest BCUT2D eigenvalue weighted by Gasteiger charge is -2.41. The Bertz CT molecular complexity index is 944. The van der Waals surface area contributed by atoms with E-state index in [1.165, 1.54) is 17.7 Å². The summed E-state index contributed by atoms with van der Waals surface area (Å²) in [5.41, 5.74) is 7.04. The molecule has 0 radical (unpaired) electrons. The average molecular weight is 434 g/mol. The van der Waals surface area contributed by atoms with Crippen LogP contribution in [0.3, 0.4) is 0 Å². The number of fused-ring (bicyclic) bond motifs is 1. The molecule has 11 heteroatoms. The van der Waals surface area contributed by atoms with Gasteiger partial charge in [0.2, 0.25) is 11.9 Å². The van der Waals surface area contributed by atoms with Crippen LogP contribution in [0.1, 0.15) is 19.8 Å². The third-order valence-corrected chi connectivity index (χ3v) is 6.44. The molecule has 4 aliphatic rings. The monoisotopic (exact) mass is 434 g/mol. The normalized spacial score (nSPS) is 26.3. The molecule has 31 heavy (non-hydrogen) atoms. The predicted molar refractivity (Wildman–Crippen MR) is 111 cm³/mol. The van der Waals surface area contributed by atoms with Gasteiger partial charge >= 0.3 is 6.18 Å². The van der Waals surface area contributed by atoms with Gasteiger partial charge in [0.25, 0.3) is 0 Å². The Labute approximate surface area is 178 Å². The van der Waals surface area contributed by atoms with Crippen LogP contribution < -0.4 is 15.5 Å². The first kappa shape index (κ1) is 20.2. The maximum absolute atomic E-state index is 12.8. The number of nitrogens with zero attached hydrogens (tertiary/aromatic N) is 7. The minimum Gasteiger partial charge on any atom is -0.368 e. The summed E-state index contributed by atoms with van der Waals surface area (Å²) in [5, 5.41) is 0. The molecule has 8 nitrogen and oxygen atoms in total. The largest absolute Gasteiger partial charge is 0.401 e.